The molecule has 1 aromatic heterocycles. The predicted molar refractivity (Wildman–Crippen MR) is 113 cm³/mol. The Morgan fingerprint density at radius 2 is 1.93 bits per heavy atom. The van der Waals surface area contributed by atoms with Crippen LogP contribution >= 0.6 is 0 Å². The van der Waals surface area contributed by atoms with E-state index in [0.717, 1.165) is 36.2 Å². The Morgan fingerprint density at radius 1 is 1.07 bits per heavy atom. The van der Waals surface area contributed by atoms with Crippen LogP contribution in [0.1, 0.15) is 40.4 Å². The lowest BCUT2D eigenvalue weighted by molar-refractivity contribution is 0.0715. The first kappa shape index (κ1) is 18.2. The van der Waals surface area contributed by atoms with Crippen LogP contribution in [-0.2, 0) is 6.42 Å². The van der Waals surface area contributed by atoms with Crippen LogP contribution in [0.3, 0.4) is 0 Å². The Morgan fingerprint density at radius 3 is 2.71 bits per heavy atom. The second-order valence-electron chi connectivity index (χ2n) is 7.29. The van der Waals surface area contributed by atoms with Gasteiger partial charge in [-0.25, -0.2) is 4.98 Å². The Bertz CT molecular complexity index is 981. The molecule has 1 N–H and O–H groups in total. The van der Waals surface area contributed by atoms with Crippen molar-refractivity contribution in [2.75, 3.05) is 19.4 Å². The van der Waals surface area contributed by atoms with Crippen molar-refractivity contribution in [2.45, 2.75) is 25.3 Å². The zero-order valence-corrected chi connectivity index (χ0v) is 16.4. The Balaban J connectivity index is 1.60. The van der Waals surface area contributed by atoms with E-state index in [1.807, 2.05) is 61.6 Å². The van der Waals surface area contributed by atoms with Crippen molar-refractivity contribution in [3.8, 4) is 11.1 Å². The van der Waals surface area contributed by atoms with Crippen molar-refractivity contribution < 1.29 is 4.79 Å². The number of nitrogens with zero attached hydrogens (tertiary/aromatic N) is 2. The second-order valence-corrected chi connectivity index (χ2v) is 7.29. The van der Waals surface area contributed by atoms with Gasteiger partial charge in [0.05, 0.1) is 6.04 Å². The molecule has 1 aliphatic carbocycles. The summed E-state index contributed by atoms with van der Waals surface area (Å²) >= 11 is 0. The van der Waals surface area contributed by atoms with Crippen LogP contribution in [0, 0.1) is 0 Å². The van der Waals surface area contributed by atoms with Crippen LogP contribution in [0.5, 0.6) is 0 Å². The van der Waals surface area contributed by atoms with E-state index >= 15 is 0 Å². The third-order valence-corrected chi connectivity index (χ3v) is 5.59. The smallest absolute Gasteiger partial charge is 0.254 e. The summed E-state index contributed by atoms with van der Waals surface area (Å²) in [5, 5.41) is 3.02. The molecule has 0 radical (unpaired) electrons. The van der Waals surface area contributed by atoms with E-state index in [2.05, 4.69) is 34.6 Å². The third kappa shape index (κ3) is 3.50. The van der Waals surface area contributed by atoms with E-state index in [1.165, 1.54) is 11.1 Å². The molecule has 3 aromatic rings. The number of aryl methyl sites for hydroxylation is 1. The lowest BCUT2D eigenvalue weighted by atomic mass is 9.86. The molecule has 1 heterocycles. The number of aromatic nitrogens is 1. The number of carbonyl (C=O) groups excluding carboxylic acids is 1. The number of fused-ring (bicyclic) bond motifs is 1. The molecule has 0 spiro atoms. The van der Waals surface area contributed by atoms with Gasteiger partial charge in [-0.2, -0.15) is 0 Å². The maximum absolute atomic E-state index is 13.2. The van der Waals surface area contributed by atoms with Crippen LogP contribution in [0.4, 0.5) is 5.82 Å². The number of nitrogens with one attached hydrogen (secondary N) is 1. The van der Waals surface area contributed by atoms with E-state index in [0.29, 0.717) is 5.56 Å². The molecule has 4 heteroatoms. The van der Waals surface area contributed by atoms with Gasteiger partial charge in [-0.1, -0.05) is 36.4 Å². The summed E-state index contributed by atoms with van der Waals surface area (Å²) in [6.07, 6.45) is 5.05. The zero-order valence-electron chi connectivity index (χ0n) is 16.4. The summed E-state index contributed by atoms with van der Waals surface area (Å²) in [5.74, 6) is 0.884. The van der Waals surface area contributed by atoms with Crippen LogP contribution in [-0.4, -0.2) is 29.9 Å². The summed E-state index contributed by atoms with van der Waals surface area (Å²) in [6, 6.07) is 20.4. The summed E-state index contributed by atoms with van der Waals surface area (Å²) in [7, 11) is 3.77. The molecule has 1 unspecified atom stereocenters. The van der Waals surface area contributed by atoms with E-state index in [1.54, 1.807) is 0 Å². The highest BCUT2D eigenvalue weighted by Gasteiger charge is 2.27. The number of pyridine rings is 1. The van der Waals surface area contributed by atoms with E-state index in [9.17, 15) is 4.79 Å². The van der Waals surface area contributed by atoms with Crippen molar-refractivity contribution in [3.05, 3.63) is 83.6 Å². The lowest BCUT2D eigenvalue weighted by Crippen LogP contribution is -2.33. The summed E-state index contributed by atoms with van der Waals surface area (Å²) < 4.78 is 0. The molecule has 28 heavy (non-hydrogen) atoms. The van der Waals surface area contributed by atoms with Crippen LogP contribution < -0.4 is 5.32 Å². The van der Waals surface area contributed by atoms with Crippen molar-refractivity contribution in [2.24, 2.45) is 0 Å². The fraction of sp³-hybridized carbons (Fsp3) is 0.250. The normalized spacial score (nSPS) is 15.6. The van der Waals surface area contributed by atoms with Crippen LogP contribution in [0.15, 0.2) is 66.9 Å². The third-order valence-electron chi connectivity index (χ3n) is 5.59. The highest BCUT2D eigenvalue weighted by atomic mass is 16.2. The highest BCUT2D eigenvalue weighted by Crippen LogP contribution is 2.34. The molecule has 1 aliphatic rings. The standard InChI is InChI=1S/C24H25N3O/c1-25-23-14-13-20(16-26-23)18-9-5-10-19(15-18)24(28)27(2)22-12-6-8-17-7-3-4-11-21(17)22/h3-5,7,9-11,13-16,22H,6,8,12H2,1-2H3,(H,25,26). The molecule has 0 saturated carbocycles. The maximum atomic E-state index is 13.2. The minimum Gasteiger partial charge on any atom is -0.373 e. The maximum Gasteiger partial charge on any atom is 0.254 e. The monoisotopic (exact) mass is 371 g/mol. The minimum atomic E-state index is 0.0587. The number of amides is 1. The number of hydrogen-bond donors (Lipinski definition) is 1. The molecule has 0 bridgehead atoms. The van der Waals surface area contributed by atoms with Crippen molar-refractivity contribution in [3.63, 3.8) is 0 Å². The van der Waals surface area contributed by atoms with Gasteiger partial charge in [0.15, 0.2) is 0 Å². The van der Waals surface area contributed by atoms with E-state index < -0.39 is 0 Å². The lowest BCUT2D eigenvalue weighted by Gasteiger charge is -2.33. The molecule has 0 saturated heterocycles. The molecule has 4 nitrogen and oxygen atoms in total. The average molecular weight is 371 g/mol. The highest BCUT2D eigenvalue weighted by molar-refractivity contribution is 5.95. The number of rotatable bonds is 4. The first-order chi connectivity index (χ1) is 13.7. The fourth-order valence-corrected chi connectivity index (χ4v) is 4.02. The van der Waals surface area contributed by atoms with Gasteiger partial charge in [-0.3, -0.25) is 4.79 Å². The quantitative estimate of drug-likeness (QED) is 0.706. The molecule has 1 amide bonds. The van der Waals surface area contributed by atoms with Gasteiger partial charge in [0, 0.05) is 31.4 Å². The Hall–Kier alpha value is -3.14. The number of anilines is 1. The molecule has 1 atom stereocenters. The van der Waals surface area contributed by atoms with Gasteiger partial charge < -0.3 is 10.2 Å². The second kappa shape index (κ2) is 7.85. The molecule has 0 fully saturated rings. The van der Waals surface area contributed by atoms with Gasteiger partial charge in [0.2, 0.25) is 0 Å². The molecular formula is C24H25N3O. The summed E-state index contributed by atoms with van der Waals surface area (Å²) in [4.78, 5) is 19.5. The topological polar surface area (TPSA) is 45.2 Å². The molecule has 142 valence electrons. The van der Waals surface area contributed by atoms with Crippen molar-refractivity contribution in [1.29, 1.82) is 0 Å². The van der Waals surface area contributed by atoms with Gasteiger partial charge in [0.1, 0.15) is 5.82 Å². The number of carbonyl (C=O) groups is 1. The van der Waals surface area contributed by atoms with Gasteiger partial charge in [-0.05, 0) is 60.2 Å². The van der Waals surface area contributed by atoms with Gasteiger partial charge in [0.25, 0.3) is 5.91 Å². The van der Waals surface area contributed by atoms with Crippen LogP contribution in [0.2, 0.25) is 0 Å². The van der Waals surface area contributed by atoms with Crippen molar-refractivity contribution in [1.82, 2.24) is 9.88 Å². The van der Waals surface area contributed by atoms with Gasteiger partial charge in [-0.15, -0.1) is 0 Å². The zero-order chi connectivity index (χ0) is 19.5. The minimum absolute atomic E-state index is 0.0587. The summed E-state index contributed by atoms with van der Waals surface area (Å²) in [6.45, 7) is 0. The molecule has 4 rings (SSSR count). The summed E-state index contributed by atoms with van der Waals surface area (Å²) in [5.41, 5.74) is 5.36. The Labute approximate surface area is 166 Å². The first-order valence-corrected chi connectivity index (χ1v) is 9.76. The van der Waals surface area contributed by atoms with Crippen molar-refractivity contribution >= 4 is 11.7 Å². The Kier molecular flexibility index (Phi) is 5.11. The molecule has 0 aliphatic heterocycles. The van der Waals surface area contributed by atoms with E-state index in [4.69, 9.17) is 0 Å². The first-order valence-electron chi connectivity index (χ1n) is 9.76. The predicted octanol–water partition coefficient (Wildman–Crippen LogP) is 4.94. The average Bonchev–Trinajstić information content (AvgIpc) is 2.78. The largest absolute Gasteiger partial charge is 0.373 e. The number of hydrogen-bond acceptors (Lipinski definition) is 3. The number of benzene rings is 2. The molecule has 2 aromatic carbocycles. The SMILES string of the molecule is CNc1ccc(-c2cccc(C(=O)N(C)C3CCCc4ccccc43)c2)cn1. The van der Waals surface area contributed by atoms with E-state index in [-0.39, 0.29) is 11.9 Å². The van der Waals surface area contributed by atoms with Crippen LogP contribution in [0.25, 0.3) is 11.1 Å². The molecular weight excluding hydrogens is 346 g/mol. The van der Waals surface area contributed by atoms with Gasteiger partial charge >= 0.3 is 0 Å². The fourth-order valence-electron chi connectivity index (χ4n) is 4.02.